The largest absolute Gasteiger partial charge is 0.496 e. The van der Waals surface area contributed by atoms with Crippen LogP contribution < -0.4 is 4.74 Å². The van der Waals surface area contributed by atoms with Gasteiger partial charge < -0.3 is 14.6 Å². The molecule has 0 spiro atoms. The molecule has 2 aliphatic heterocycles. The van der Waals surface area contributed by atoms with E-state index in [1.165, 1.54) is 12.0 Å². The number of carboxylic acids is 1. The predicted molar refractivity (Wildman–Crippen MR) is 125 cm³/mol. The van der Waals surface area contributed by atoms with E-state index in [4.69, 9.17) is 14.6 Å². The van der Waals surface area contributed by atoms with Gasteiger partial charge >= 0.3 is 11.9 Å². The lowest BCUT2D eigenvalue weighted by Gasteiger charge is -2.48. The minimum atomic E-state index is -0.810. The Morgan fingerprint density at radius 3 is 2.30 bits per heavy atom. The van der Waals surface area contributed by atoms with Crippen LogP contribution in [-0.4, -0.2) is 47.2 Å². The van der Waals surface area contributed by atoms with Gasteiger partial charge in [0.1, 0.15) is 11.9 Å². The fourth-order valence-electron chi connectivity index (χ4n) is 5.36. The van der Waals surface area contributed by atoms with Crippen LogP contribution in [0.25, 0.3) is 0 Å². The summed E-state index contributed by atoms with van der Waals surface area (Å²) in [6.07, 6.45) is 5.41. The summed E-state index contributed by atoms with van der Waals surface area (Å²) in [4.78, 5) is 26.2. The van der Waals surface area contributed by atoms with Gasteiger partial charge in [-0.1, -0.05) is 48.4 Å². The Hall–Kier alpha value is -2.86. The number of hydrogen-bond acceptors (Lipinski definition) is 5. The molecule has 176 valence electrons. The number of rotatable bonds is 8. The van der Waals surface area contributed by atoms with Crippen LogP contribution in [-0.2, 0) is 33.7 Å². The van der Waals surface area contributed by atoms with E-state index < -0.39 is 5.97 Å². The maximum Gasteiger partial charge on any atom is 0.310 e. The van der Waals surface area contributed by atoms with E-state index >= 15 is 0 Å². The fourth-order valence-corrected chi connectivity index (χ4v) is 5.36. The van der Waals surface area contributed by atoms with Gasteiger partial charge in [0.2, 0.25) is 0 Å². The molecule has 6 heteroatoms. The molecule has 6 nitrogen and oxygen atoms in total. The molecule has 1 N–H and O–H groups in total. The van der Waals surface area contributed by atoms with E-state index in [0.29, 0.717) is 12.1 Å². The van der Waals surface area contributed by atoms with Gasteiger partial charge in [-0.15, -0.1) is 0 Å². The van der Waals surface area contributed by atoms with Gasteiger partial charge in [0, 0.05) is 37.0 Å². The smallest absolute Gasteiger partial charge is 0.310 e. The van der Waals surface area contributed by atoms with Crippen molar-refractivity contribution in [3.05, 3.63) is 64.7 Å². The number of piperidine rings is 2. The van der Waals surface area contributed by atoms with E-state index in [2.05, 4.69) is 4.90 Å². The Labute approximate surface area is 195 Å². The standard InChI is InChI=1S/C27H33NO5/c1-18-6-11-25(32-2)21(12-18)14-27(31)33-24-15-22-4-3-5-23(16-24)28(22)17-20-9-7-19(8-10-20)13-26(29)30/h6-12,22-24H,3-5,13-17H2,1-2H3,(H,29,30). The number of esters is 1. The minimum absolute atomic E-state index is 0.0437. The van der Waals surface area contributed by atoms with Crippen molar-refractivity contribution in [3.8, 4) is 5.75 Å². The summed E-state index contributed by atoms with van der Waals surface area (Å²) >= 11 is 0. The van der Waals surface area contributed by atoms with Gasteiger partial charge in [0.25, 0.3) is 0 Å². The Morgan fingerprint density at radius 1 is 1.00 bits per heavy atom. The zero-order chi connectivity index (χ0) is 23.4. The van der Waals surface area contributed by atoms with Gasteiger partial charge in [-0.2, -0.15) is 0 Å². The number of aryl methyl sites for hydroxylation is 1. The average molecular weight is 452 g/mol. The molecular weight excluding hydrogens is 418 g/mol. The van der Waals surface area contributed by atoms with Crippen molar-refractivity contribution in [2.24, 2.45) is 0 Å². The molecule has 0 radical (unpaired) electrons. The third-order valence-corrected chi connectivity index (χ3v) is 6.89. The Kier molecular flexibility index (Phi) is 7.33. The van der Waals surface area contributed by atoms with Crippen molar-refractivity contribution in [2.45, 2.75) is 76.6 Å². The van der Waals surface area contributed by atoms with Gasteiger partial charge in [-0.25, -0.2) is 0 Å². The second-order valence-electron chi connectivity index (χ2n) is 9.37. The SMILES string of the molecule is COc1ccc(C)cc1CC(=O)OC1CC2CCCC(C1)N2Cc1ccc(CC(=O)O)cc1. The van der Waals surface area contributed by atoms with Crippen molar-refractivity contribution in [3.63, 3.8) is 0 Å². The maximum absolute atomic E-state index is 12.7. The summed E-state index contributed by atoms with van der Waals surface area (Å²) in [5.74, 6) is -0.280. The third kappa shape index (κ3) is 5.93. The lowest BCUT2D eigenvalue weighted by molar-refractivity contribution is -0.154. The van der Waals surface area contributed by atoms with Crippen LogP contribution in [0.5, 0.6) is 5.75 Å². The maximum atomic E-state index is 12.7. The summed E-state index contributed by atoms with van der Waals surface area (Å²) in [5, 5.41) is 8.96. The van der Waals surface area contributed by atoms with Crippen LogP contribution in [0.1, 0.15) is 54.4 Å². The Balaban J connectivity index is 1.35. The summed E-state index contributed by atoms with van der Waals surface area (Å²) in [7, 11) is 1.62. The molecule has 2 fully saturated rings. The molecule has 2 saturated heterocycles. The molecule has 4 rings (SSSR count). The van der Waals surface area contributed by atoms with Crippen molar-refractivity contribution >= 4 is 11.9 Å². The first-order valence-electron chi connectivity index (χ1n) is 11.8. The van der Waals surface area contributed by atoms with Crippen LogP contribution in [0, 0.1) is 6.92 Å². The van der Waals surface area contributed by atoms with Gasteiger partial charge in [-0.05, 0) is 37.0 Å². The monoisotopic (exact) mass is 451 g/mol. The summed E-state index contributed by atoms with van der Waals surface area (Å²) in [6.45, 7) is 2.86. The Bertz CT molecular complexity index is 973. The first-order valence-corrected chi connectivity index (χ1v) is 11.8. The van der Waals surface area contributed by atoms with E-state index in [-0.39, 0.29) is 24.9 Å². The van der Waals surface area contributed by atoms with Crippen molar-refractivity contribution in [1.29, 1.82) is 0 Å². The van der Waals surface area contributed by atoms with Gasteiger partial charge in [0.05, 0.1) is 20.0 Å². The molecule has 2 atom stereocenters. The van der Waals surface area contributed by atoms with E-state index in [9.17, 15) is 9.59 Å². The number of benzene rings is 2. The number of hydrogen-bond donors (Lipinski definition) is 1. The number of aliphatic carboxylic acids is 1. The fraction of sp³-hybridized carbons (Fsp3) is 0.481. The quantitative estimate of drug-likeness (QED) is 0.603. The number of methoxy groups -OCH3 is 1. The lowest BCUT2D eigenvalue weighted by atomic mass is 9.82. The van der Waals surface area contributed by atoms with Crippen molar-refractivity contribution in [2.75, 3.05) is 7.11 Å². The second-order valence-corrected chi connectivity index (χ2v) is 9.37. The second kappa shape index (κ2) is 10.4. The van der Waals surface area contributed by atoms with Crippen LogP contribution >= 0.6 is 0 Å². The highest BCUT2D eigenvalue weighted by Crippen LogP contribution is 2.36. The molecule has 2 aromatic carbocycles. The number of nitrogens with zero attached hydrogens (tertiary/aromatic N) is 1. The zero-order valence-electron chi connectivity index (χ0n) is 19.5. The first-order chi connectivity index (χ1) is 15.9. The van der Waals surface area contributed by atoms with E-state index in [0.717, 1.165) is 54.7 Å². The molecule has 0 aromatic heterocycles. The normalized spacial score (nSPS) is 22.5. The molecule has 2 heterocycles. The van der Waals surface area contributed by atoms with Crippen molar-refractivity contribution < 1.29 is 24.2 Å². The third-order valence-electron chi connectivity index (χ3n) is 6.89. The van der Waals surface area contributed by atoms with E-state index in [1.54, 1.807) is 7.11 Å². The van der Waals surface area contributed by atoms with Gasteiger partial charge in [-0.3, -0.25) is 14.5 Å². The summed E-state index contributed by atoms with van der Waals surface area (Å²) in [6, 6.07) is 14.6. The number of carbonyl (C=O) groups excluding carboxylic acids is 1. The highest BCUT2D eigenvalue weighted by atomic mass is 16.5. The average Bonchev–Trinajstić information content (AvgIpc) is 2.75. The first kappa shape index (κ1) is 23.3. The van der Waals surface area contributed by atoms with Crippen LogP contribution in [0.2, 0.25) is 0 Å². The molecule has 0 aliphatic carbocycles. The molecule has 2 aliphatic rings. The van der Waals surface area contributed by atoms with E-state index in [1.807, 2.05) is 49.4 Å². The molecule has 33 heavy (non-hydrogen) atoms. The lowest BCUT2D eigenvalue weighted by Crippen LogP contribution is -2.53. The van der Waals surface area contributed by atoms with Crippen LogP contribution in [0.3, 0.4) is 0 Å². The van der Waals surface area contributed by atoms with Crippen molar-refractivity contribution in [1.82, 2.24) is 4.90 Å². The summed E-state index contributed by atoms with van der Waals surface area (Å²) < 4.78 is 11.4. The Morgan fingerprint density at radius 2 is 1.67 bits per heavy atom. The predicted octanol–water partition coefficient (Wildman–Crippen LogP) is 4.30. The van der Waals surface area contributed by atoms with Crippen LogP contribution in [0.4, 0.5) is 0 Å². The molecule has 2 unspecified atom stereocenters. The molecular formula is C27H33NO5. The molecule has 2 aromatic rings. The van der Waals surface area contributed by atoms with Gasteiger partial charge in [0.15, 0.2) is 0 Å². The zero-order valence-corrected chi connectivity index (χ0v) is 19.5. The minimum Gasteiger partial charge on any atom is -0.496 e. The molecule has 0 amide bonds. The molecule has 2 bridgehead atoms. The number of ether oxygens (including phenoxy) is 2. The number of carbonyl (C=O) groups is 2. The highest BCUT2D eigenvalue weighted by molar-refractivity contribution is 5.74. The molecule has 0 saturated carbocycles. The summed E-state index contributed by atoms with van der Waals surface area (Å²) in [5.41, 5.74) is 3.98. The number of fused-ring (bicyclic) bond motifs is 2. The topological polar surface area (TPSA) is 76.1 Å². The number of carboxylic acid groups (broad SMARTS) is 1. The van der Waals surface area contributed by atoms with Crippen LogP contribution in [0.15, 0.2) is 42.5 Å². The highest BCUT2D eigenvalue weighted by Gasteiger charge is 2.39.